The maximum Gasteiger partial charge on any atom is 0.0451 e. The largest absolute Gasteiger partial charge is 0.328 e. The number of rotatable bonds is 4. The van der Waals surface area contributed by atoms with Gasteiger partial charge in [0.15, 0.2) is 0 Å². The first kappa shape index (κ1) is 13.9. The average molecular weight is 267 g/mol. The maximum absolute atomic E-state index is 6.19. The van der Waals surface area contributed by atoms with Crippen LogP contribution in [-0.4, -0.2) is 24.5 Å². The molecule has 0 saturated heterocycles. The first-order valence-corrected chi connectivity index (χ1v) is 7.20. The Morgan fingerprint density at radius 1 is 1.22 bits per heavy atom. The second-order valence-electron chi connectivity index (χ2n) is 5.57. The van der Waals surface area contributed by atoms with E-state index in [9.17, 15) is 0 Å². The lowest BCUT2D eigenvalue weighted by molar-refractivity contribution is 0.219. The molecule has 0 amide bonds. The highest BCUT2D eigenvalue weighted by atomic mass is 35.5. The van der Waals surface area contributed by atoms with Crippen molar-refractivity contribution in [1.82, 2.24) is 4.90 Å². The number of halogens is 1. The Morgan fingerprint density at radius 2 is 1.89 bits per heavy atom. The van der Waals surface area contributed by atoms with Gasteiger partial charge in [0.25, 0.3) is 0 Å². The normalized spacial score (nSPS) is 24.4. The minimum absolute atomic E-state index is 0.440. The van der Waals surface area contributed by atoms with Gasteiger partial charge in [-0.3, -0.25) is 0 Å². The van der Waals surface area contributed by atoms with Crippen molar-refractivity contribution in [3.63, 3.8) is 0 Å². The van der Waals surface area contributed by atoms with Crippen LogP contribution in [0.25, 0.3) is 0 Å². The molecule has 1 fully saturated rings. The summed E-state index contributed by atoms with van der Waals surface area (Å²) in [7, 11) is 2.18. The topological polar surface area (TPSA) is 29.3 Å². The number of nitrogens with two attached hydrogens (primary N) is 1. The van der Waals surface area contributed by atoms with Gasteiger partial charge in [-0.25, -0.2) is 0 Å². The fourth-order valence-electron chi connectivity index (χ4n) is 2.79. The molecule has 1 aromatic rings. The molecule has 0 bridgehead atoms. The van der Waals surface area contributed by atoms with Gasteiger partial charge in [-0.15, -0.1) is 0 Å². The monoisotopic (exact) mass is 266 g/mol. The Kier molecular flexibility index (Phi) is 5.04. The minimum Gasteiger partial charge on any atom is -0.328 e. The van der Waals surface area contributed by atoms with E-state index in [0.717, 1.165) is 24.0 Å². The standard InChI is InChI=1S/C15H23ClN2/c1-18(10-12-6-8-14(17)9-7-12)11-13-4-2-3-5-15(13)16/h2-5,12,14H,6-11,17H2,1H3. The molecular formula is C15H23ClN2. The zero-order valence-electron chi connectivity index (χ0n) is 11.1. The highest BCUT2D eigenvalue weighted by Crippen LogP contribution is 2.24. The minimum atomic E-state index is 0.440. The lowest BCUT2D eigenvalue weighted by Gasteiger charge is -2.29. The fraction of sp³-hybridized carbons (Fsp3) is 0.600. The number of nitrogens with zero attached hydrogens (tertiary/aromatic N) is 1. The summed E-state index contributed by atoms with van der Waals surface area (Å²) in [4.78, 5) is 2.38. The van der Waals surface area contributed by atoms with Gasteiger partial charge in [0.2, 0.25) is 0 Å². The van der Waals surface area contributed by atoms with E-state index < -0.39 is 0 Å². The van der Waals surface area contributed by atoms with Gasteiger partial charge in [-0.1, -0.05) is 29.8 Å². The van der Waals surface area contributed by atoms with E-state index in [0.29, 0.717) is 6.04 Å². The van der Waals surface area contributed by atoms with Crippen LogP contribution < -0.4 is 5.73 Å². The number of benzene rings is 1. The first-order valence-electron chi connectivity index (χ1n) is 6.82. The van der Waals surface area contributed by atoms with Gasteiger partial charge in [0.05, 0.1) is 0 Å². The van der Waals surface area contributed by atoms with Crippen LogP contribution in [0, 0.1) is 5.92 Å². The van der Waals surface area contributed by atoms with E-state index >= 15 is 0 Å². The summed E-state index contributed by atoms with van der Waals surface area (Å²) in [6.07, 6.45) is 4.91. The van der Waals surface area contributed by atoms with Crippen LogP contribution in [0.15, 0.2) is 24.3 Å². The summed E-state index contributed by atoms with van der Waals surface area (Å²) in [6, 6.07) is 8.54. The molecule has 2 N–H and O–H groups in total. The van der Waals surface area contributed by atoms with Crippen molar-refractivity contribution in [1.29, 1.82) is 0 Å². The highest BCUT2D eigenvalue weighted by Gasteiger charge is 2.19. The SMILES string of the molecule is CN(Cc1ccccc1Cl)CC1CCC(N)CC1. The third kappa shape index (κ3) is 3.98. The molecule has 0 atom stereocenters. The van der Waals surface area contributed by atoms with Crippen LogP contribution in [0.2, 0.25) is 5.02 Å². The summed E-state index contributed by atoms with van der Waals surface area (Å²) in [5.74, 6) is 0.803. The van der Waals surface area contributed by atoms with Crippen LogP contribution in [0.3, 0.4) is 0 Å². The van der Waals surface area contributed by atoms with Gasteiger partial charge < -0.3 is 10.6 Å². The van der Waals surface area contributed by atoms with Crippen molar-refractivity contribution in [2.75, 3.05) is 13.6 Å². The lowest BCUT2D eigenvalue weighted by atomic mass is 9.86. The van der Waals surface area contributed by atoms with E-state index in [2.05, 4.69) is 24.1 Å². The fourth-order valence-corrected chi connectivity index (χ4v) is 2.99. The maximum atomic E-state index is 6.19. The van der Waals surface area contributed by atoms with Crippen molar-refractivity contribution < 1.29 is 0 Å². The zero-order chi connectivity index (χ0) is 13.0. The molecular weight excluding hydrogens is 244 g/mol. The Morgan fingerprint density at radius 3 is 2.56 bits per heavy atom. The molecule has 2 rings (SSSR count). The predicted octanol–water partition coefficient (Wildman–Crippen LogP) is 3.29. The molecule has 1 aliphatic carbocycles. The number of hydrogen-bond donors (Lipinski definition) is 1. The molecule has 0 heterocycles. The third-order valence-corrected chi connectivity index (χ3v) is 4.23. The Balaban J connectivity index is 1.82. The molecule has 1 aromatic carbocycles. The van der Waals surface area contributed by atoms with Crippen molar-refractivity contribution in [2.24, 2.45) is 11.7 Å². The first-order chi connectivity index (χ1) is 8.65. The summed E-state index contributed by atoms with van der Waals surface area (Å²) < 4.78 is 0. The molecule has 0 aliphatic heterocycles. The highest BCUT2D eigenvalue weighted by molar-refractivity contribution is 6.31. The molecule has 0 spiro atoms. The van der Waals surface area contributed by atoms with Crippen LogP contribution in [0.4, 0.5) is 0 Å². The van der Waals surface area contributed by atoms with E-state index in [1.54, 1.807) is 0 Å². The predicted molar refractivity (Wildman–Crippen MR) is 77.7 cm³/mol. The molecule has 1 aliphatic rings. The van der Waals surface area contributed by atoms with E-state index in [1.807, 2.05) is 12.1 Å². The smallest absolute Gasteiger partial charge is 0.0451 e. The van der Waals surface area contributed by atoms with Crippen molar-refractivity contribution in [2.45, 2.75) is 38.3 Å². The average Bonchev–Trinajstić information content (AvgIpc) is 2.35. The summed E-state index contributed by atoms with van der Waals surface area (Å²) in [5.41, 5.74) is 7.16. The van der Waals surface area contributed by atoms with Crippen LogP contribution in [0.1, 0.15) is 31.2 Å². The quantitative estimate of drug-likeness (QED) is 0.906. The van der Waals surface area contributed by atoms with Gasteiger partial charge in [-0.2, -0.15) is 0 Å². The van der Waals surface area contributed by atoms with Gasteiger partial charge >= 0.3 is 0 Å². The molecule has 0 unspecified atom stereocenters. The van der Waals surface area contributed by atoms with E-state index in [1.165, 1.54) is 31.2 Å². The molecule has 0 radical (unpaired) electrons. The van der Waals surface area contributed by atoms with E-state index in [-0.39, 0.29) is 0 Å². The molecule has 18 heavy (non-hydrogen) atoms. The Bertz CT molecular complexity index is 373. The summed E-state index contributed by atoms with van der Waals surface area (Å²) in [6.45, 7) is 2.08. The van der Waals surface area contributed by atoms with Crippen LogP contribution in [0.5, 0.6) is 0 Å². The van der Waals surface area contributed by atoms with Crippen LogP contribution in [-0.2, 0) is 6.54 Å². The Hall–Kier alpha value is -0.570. The molecule has 3 heteroatoms. The van der Waals surface area contributed by atoms with Gasteiger partial charge in [0, 0.05) is 24.2 Å². The van der Waals surface area contributed by atoms with Crippen molar-refractivity contribution in [3.05, 3.63) is 34.9 Å². The Labute approximate surface area is 115 Å². The van der Waals surface area contributed by atoms with Crippen molar-refractivity contribution in [3.8, 4) is 0 Å². The molecule has 0 aromatic heterocycles. The molecule has 100 valence electrons. The third-order valence-electron chi connectivity index (χ3n) is 3.86. The van der Waals surface area contributed by atoms with Crippen molar-refractivity contribution >= 4 is 11.6 Å². The van der Waals surface area contributed by atoms with Gasteiger partial charge in [0.1, 0.15) is 0 Å². The molecule has 2 nitrogen and oxygen atoms in total. The molecule has 1 saturated carbocycles. The van der Waals surface area contributed by atoms with Crippen LogP contribution >= 0.6 is 11.6 Å². The number of hydrogen-bond acceptors (Lipinski definition) is 2. The summed E-state index contributed by atoms with van der Waals surface area (Å²) in [5, 5.41) is 0.870. The lowest BCUT2D eigenvalue weighted by Crippen LogP contribution is -2.32. The van der Waals surface area contributed by atoms with E-state index in [4.69, 9.17) is 17.3 Å². The second kappa shape index (κ2) is 6.55. The second-order valence-corrected chi connectivity index (χ2v) is 5.98. The summed E-state index contributed by atoms with van der Waals surface area (Å²) >= 11 is 6.19. The van der Waals surface area contributed by atoms with Gasteiger partial charge in [-0.05, 0) is 50.3 Å². The zero-order valence-corrected chi connectivity index (χ0v) is 11.9.